The van der Waals surface area contributed by atoms with Crippen LogP contribution in [0, 0.1) is 0 Å². The maximum absolute atomic E-state index is 5.41. The monoisotopic (exact) mass is 198 g/mol. The summed E-state index contributed by atoms with van der Waals surface area (Å²) in [6.07, 6.45) is 3.37. The number of hydrogen-bond donors (Lipinski definition) is 1. The van der Waals surface area contributed by atoms with Gasteiger partial charge in [-0.3, -0.25) is 0 Å². The number of hydrogen-bond acceptors (Lipinski definition) is 5. The van der Waals surface area contributed by atoms with Crippen LogP contribution in [0.1, 0.15) is 19.3 Å². The third kappa shape index (κ3) is 2.95. The second-order valence-corrected chi connectivity index (χ2v) is 3.37. The summed E-state index contributed by atoms with van der Waals surface area (Å²) in [4.78, 5) is 2.05. The van der Waals surface area contributed by atoms with Gasteiger partial charge in [-0.05, 0) is 29.8 Å². The van der Waals surface area contributed by atoms with Gasteiger partial charge in [0.1, 0.15) is 0 Å². The molecule has 2 N–H and O–H groups in total. The van der Waals surface area contributed by atoms with Gasteiger partial charge in [0.05, 0.1) is 0 Å². The third-order valence-electron chi connectivity index (χ3n) is 2.14. The number of aromatic nitrogens is 4. The number of rotatable bonds is 6. The second-order valence-electron chi connectivity index (χ2n) is 3.37. The van der Waals surface area contributed by atoms with Crippen LogP contribution in [-0.2, 0) is 7.05 Å². The molecule has 1 rings (SSSR count). The molecule has 0 aliphatic rings. The molecule has 0 aliphatic carbocycles. The van der Waals surface area contributed by atoms with Crippen LogP contribution in [0.3, 0.4) is 0 Å². The molecular weight excluding hydrogens is 180 g/mol. The van der Waals surface area contributed by atoms with Crippen LogP contribution in [0.2, 0.25) is 0 Å². The summed E-state index contributed by atoms with van der Waals surface area (Å²) in [7, 11) is 3.83. The molecule has 1 aromatic rings. The summed E-state index contributed by atoms with van der Waals surface area (Å²) in [5.41, 5.74) is 5.41. The average Bonchev–Trinajstić information content (AvgIpc) is 2.59. The van der Waals surface area contributed by atoms with Gasteiger partial charge < -0.3 is 10.6 Å². The highest BCUT2D eigenvalue weighted by atomic mass is 15.6. The van der Waals surface area contributed by atoms with Crippen molar-refractivity contribution >= 4 is 5.95 Å². The maximum Gasteiger partial charge on any atom is 0.244 e. The van der Waals surface area contributed by atoms with Crippen LogP contribution < -0.4 is 10.6 Å². The highest BCUT2D eigenvalue weighted by Gasteiger charge is 2.06. The lowest BCUT2D eigenvalue weighted by atomic mass is 10.2. The molecule has 0 bridgehead atoms. The first-order chi connectivity index (χ1) is 6.75. The lowest BCUT2D eigenvalue weighted by Gasteiger charge is -2.15. The van der Waals surface area contributed by atoms with E-state index in [2.05, 4.69) is 20.4 Å². The van der Waals surface area contributed by atoms with Gasteiger partial charge in [-0.25, -0.2) is 4.68 Å². The van der Waals surface area contributed by atoms with Crippen molar-refractivity contribution in [2.75, 3.05) is 25.0 Å². The number of anilines is 1. The zero-order valence-corrected chi connectivity index (χ0v) is 8.85. The van der Waals surface area contributed by atoms with Crippen molar-refractivity contribution in [3.05, 3.63) is 0 Å². The first kappa shape index (κ1) is 10.9. The molecule has 6 nitrogen and oxygen atoms in total. The van der Waals surface area contributed by atoms with Crippen molar-refractivity contribution in [3.63, 3.8) is 0 Å². The Kier molecular flexibility index (Phi) is 4.31. The Morgan fingerprint density at radius 3 is 2.71 bits per heavy atom. The van der Waals surface area contributed by atoms with Crippen molar-refractivity contribution < 1.29 is 0 Å². The summed E-state index contributed by atoms with van der Waals surface area (Å²) in [5.74, 6) is 0.803. The normalized spacial score (nSPS) is 10.5. The molecule has 0 spiro atoms. The van der Waals surface area contributed by atoms with Crippen LogP contribution in [0.4, 0.5) is 5.95 Å². The number of nitrogens with zero attached hydrogens (tertiary/aromatic N) is 5. The van der Waals surface area contributed by atoms with Gasteiger partial charge in [0, 0.05) is 20.6 Å². The van der Waals surface area contributed by atoms with E-state index in [0.29, 0.717) is 0 Å². The van der Waals surface area contributed by atoms with Gasteiger partial charge in [0.15, 0.2) is 0 Å². The lowest BCUT2D eigenvalue weighted by molar-refractivity contribution is 0.654. The molecule has 0 saturated carbocycles. The Morgan fingerprint density at radius 1 is 1.36 bits per heavy atom. The van der Waals surface area contributed by atoms with Crippen LogP contribution in [0.15, 0.2) is 0 Å². The summed E-state index contributed by atoms with van der Waals surface area (Å²) in [6, 6.07) is 0. The summed E-state index contributed by atoms with van der Waals surface area (Å²) >= 11 is 0. The topological polar surface area (TPSA) is 72.9 Å². The Morgan fingerprint density at radius 2 is 2.14 bits per heavy atom. The minimum Gasteiger partial charge on any atom is -0.343 e. The van der Waals surface area contributed by atoms with E-state index in [0.717, 1.165) is 38.3 Å². The fourth-order valence-electron chi connectivity index (χ4n) is 1.32. The second kappa shape index (κ2) is 5.54. The third-order valence-corrected chi connectivity index (χ3v) is 2.14. The Bertz CT molecular complexity index is 258. The minimum absolute atomic E-state index is 0.773. The molecule has 14 heavy (non-hydrogen) atoms. The zero-order chi connectivity index (χ0) is 10.4. The van der Waals surface area contributed by atoms with Crippen molar-refractivity contribution in [2.24, 2.45) is 12.8 Å². The van der Waals surface area contributed by atoms with E-state index in [1.54, 1.807) is 4.68 Å². The lowest BCUT2D eigenvalue weighted by Crippen LogP contribution is -2.22. The molecule has 0 unspecified atom stereocenters. The van der Waals surface area contributed by atoms with Crippen molar-refractivity contribution in [3.8, 4) is 0 Å². The standard InChI is InChI=1S/C8H18N6/c1-13(7-5-3-4-6-9)8-10-11-12-14(8)2/h3-7,9H2,1-2H3. The highest BCUT2D eigenvalue weighted by Crippen LogP contribution is 2.05. The van der Waals surface area contributed by atoms with E-state index in [1.165, 1.54) is 0 Å². The van der Waals surface area contributed by atoms with E-state index >= 15 is 0 Å². The fourth-order valence-corrected chi connectivity index (χ4v) is 1.32. The largest absolute Gasteiger partial charge is 0.343 e. The van der Waals surface area contributed by atoms with Crippen LogP contribution in [-0.4, -0.2) is 40.3 Å². The predicted octanol–water partition coefficient (Wildman–Crippen LogP) is -0.225. The molecule has 6 heteroatoms. The number of tetrazole rings is 1. The quantitative estimate of drug-likeness (QED) is 0.639. The minimum atomic E-state index is 0.773. The first-order valence-corrected chi connectivity index (χ1v) is 4.89. The van der Waals surface area contributed by atoms with Gasteiger partial charge in [0.25, 0.3) is 0 Å². The smallest absolute Gasteiger partial charge is 0.244 e. The van der Waals surface area contributed by atoms with E-state index < -0.39 is 0 Å². The predicted molar refractivity (Wildman–Crippen MR) is 55.0 cm³/mol. The first-order valence-electron chi connectivity index (χ1n) is 4.89. The molecule has 0 aromatic carbocycles. The number of unbranched alkanes of at least 4 members (excludes halogenated alkanes) is 2. The van der Waals surface area contributed by atoms with Crippen LogP contribution in [0.5, 0.6) is 0 Å². The highest BCUT2D eigenvalue weighted by molar-refractivity contribution is 5.25. The van der Waals surface area contributed by atoms with Crippen LogP contribution in [0.25, 0.3) is 0 Å². The molecule has 0 radical (unpaired) electrons. The van der Waals surface area contributed by atoms with E-state index in [4.69, 9.17) is 5.73 Å². The van der Waals surface area contributed by atoms with E-state index in [-0.39, 0.29) is 0 Å². The summed E-state index contributed by atoms with van der Waals surface area (Å²) in [6.45, 7) is 1.74. The molecule has 0 atom stereocenters. The maximum atomic E-state index is 5.41. The SMILES string of the molecule is CN(CCCCCN)c1nnnn1C. The van der Waals surface area contributed by atoms with E-state index in [1.807, 2.05) is 14.1 Å². The molecule has 0 saturated heterocycles. The average molecular weight is 198 g/mol. The van der Waals surface area contributed by atoms with E-state index in [9.17, 15) is 0 Å². The van der Waals surface area contributed by atoms with Gasteiger partial charge in [-0.2, -0.15) is 0 Å². The number of nitrogens with two attached hydrogens (primary N) is 1. The van der Waals surface area contributed by atoms with Gasteiger partial charge in [0.2, 0.25) is 5.95 Å². The molecule has 0 amide bonds. The zero-order valence-electron chi connectivity index (χ0n) is 8.85. The van der Waals surface area contributed by atoms with Gasteiger partial charge in [-0.15, -0.1) is 0 Å². The summed E-state index contributed by atoms with van der Waals surface area (Å²) < 4.78 is 1.67. The molecule has 1 aromatic heterocycles. The van der Waals surface area contributed by atoms with Crippen molar-refractivity contribution in [2.45, 2.75) is 19.3 Å². The number of aryl methyl sites for hydroxylation is 1. The van der Waals surface area contributed by atoms with Crippen molar-refractivity contribution in [1.29, 1.82) is 0 Å². The Balaban J connectivity index is 2.28. The molecular formula is C8H18N6. The Hall–Kier alpha value is -1.17. The van der Waals surface area contributed by atoms with Crippen molar-refractivity contribution in [1.82, 2.24) is 20.2 Å². The fraction of sp³-hybridized carbons (Fsp3) is 0.875. The molecule has 0 aliphatic heterocycles. The van der Waals surface area contributed by atoms with Gasteiger partial charge in [-0.1, -0.05) is 11.5 Å². The Labute approximate surface area is 84.1 Å². The van der Waals surface area contributed by atoms with Crippen LogP contribution >= 0.6 is 0 Å². The van der Waals surface area contributed by atoms with Gasteiger partial charge >= 0.3 is 0 Å². The molecule has 1 heterocycles. The summed E-state index contributed by atoms with van der Waals surface area (Å²) in [5, 5.41) is 11.3. The molecule has 80 valence electrons. The molecule has 0 fully saturated rings.